The van der Waals surface area contributed by atoms with Gasteiger partial charge in [0, 0.05) is 24.2 Å². The van der Waals surface area contributed by atoms with Crippen LogP contribution in [0.3, 0.4) is 0 Å². The number of hydrogen-bond acceptors (Lipinski definition) is 2. The summed E-state index contributed by atoms with van der Waals surface area (Å²) in [6.07, 6.45) is 11.5. The zero-order chi connectivity index (χ0) is 23.3. The molecule has 180 valence electrons. The molecule has 3 aromatic rings. The Bertz CT molecular complexity index is 1060. The highest BCUT2D eigenvalue weighted by Gasteiger charge is 2.25. The van der Waals surface area contributed by atoms with Gasteiger partial charge in [-0.2, -0.15) is 4.57 Å². The average molecular weight is 536 g/mol. The third kappa shape index (κ3) is 7.58. The summed E-state index contributed by atoms with van der Waals surface area (Å²) in [6, 6.07) is 12.2. The highest BCUT2D eigenvalue weighted by atomic mass is 79.9. The van der Waals surface area contributed by atoms with Gasteiger partial charge in [0.05, 0.1) is 15.9 Å². The Morgan fingerprint density at radius 1 is 1.06 bits per heavy atom. The first kappa shape index (κ1) is 27.4. The van der Waals surface area contributed by atoms with E-state index in [2.05, 4.69) is 30.7 Å². The Morgan fingerprint density at radius 2 is 1.76 bits per heavy atom. The van der Waals surface area contributed by atoms with E-state index in [1.54, 1.807) is 10.8 Å². The predicted molar refractivity (Wildman–Crippen MR) is 131 cm³/mol. The molecule has 0 amide bonds. The van der Waals surface area contributed by atoms with E-state index in [1.807, 2.05) is 57.3 Å². The summed E-state index contributed by atoms with van der Waals surface area (Å²) in [7, 11) is 0. The minimum absolute atomic E-state index is 0. The zero-order valence-electron chi connectivity index (χ0n) is 20.4. The summed E-state index contributed by atoms with van der Waals surface area (Å²) >= 11 is 6.60. The largest absolute Gasteiger partial charge is 1.00 e. The van der Waals surface area contributed by atoms with Crippen LogP contribution in [0.5, 0.6) is 0 Å². The van der Waals surface area contributed by atoms with Gasteiger partial charge in [-0.15, -0.1) is 0 Å². The summed E-state index contributed by atoms with van der Waals surface area (Å²) in [6.45, 7) is 10.2. The zero-order valence-corrected chi connectivity index (χ0v) is 22.7. The lowest BCUT2D eigenvalue weighted by atomic mass is 9.98. The fourth-order valence-corrected chi connectivity index (χ4v) is 4.31. The van der Waals surface area contributed by atoms with Gasteiger partial charge in [-0.1, -0.05) is 62.9 Å². The van der Waals surface area contributed by atoms with E-state index in [9.17, 15) is 4.79 Å². The van der Waals surface area contributed by atoms with Crippen molar-refractivity contribution in [3.05, 3.63) is 65.6 Å². The molecule has 0 spiro atoms. The normalized spacial score (nSPS) is 12.6. The lowest BCUT2D eigenvalue weighted by molar-refractivity contribution is -0.713. The Hall–Kier alpha value is -1.85. The molecule has 0 bridgehead atoms. The Labute approximate surface area is 213 Å². The van der Waals surface area contributed by atoms with Gasteiger partial charge < -0.3 is 21.7 Å². The van der Waals surface area contributed by atoms with Crippen molar-refractivity contribution < 1.29 is 31.1 Å². The second-order valence-electron chi connectivity index (χ2n) is 9.97. The van der Waals surface area contributed by atoms with Gasteiger partial charge in [-0.3, -0.25) is 4.57 Å². The fourth-order valence-electron chi connectivity index (χ4n) is 4.05. The number of nitrogens with zero attached hydrogens (tertiary/aromatic N) is 2. The van der Waals surface area contributed by atoms with Gasteiger partial charge in [-0.25, -0.2) is 4.79 Å². The predicted octanol–water partition coefficient (Wildman–Crippen LogP) is 4.57. The van der Waals surface area contributed by atoms with E-state index >= 15 is 0 Å². The molecule has 0 aliphatic carbocycles. The third-order valence-electron chi connectivity index (χ3n) is 5.62. The highest BCUT2D eigenvalue weighted by molar-refractivity contribution is 6.31. The van der Waals surface area contributed by atoms with Crippen LogP contribution in [-0.2, 0) is 4.74 Å². The maximum atomic E-state index is 12.6. The van der Waals surface area contributed by atoms with Crippen LogP contribution in [0.4, 0.5) is 4.79 Å². The summed E-state index contributed by atoms with van der Waals surface area (Å²) in [4.78, 5) is 12.6. The monoisotopic (exact) mass is 534 g/mol. The van der Waals surface area contributed by atoms with Crippen molar-refractivity contribution in [2.24, 2.45) is 5.92 Å². The number of rotatable bonds is 8. The molecule has 2 aromatic heterocycles. The molecule has 0 radical (unpaired) electrons. The Morgan fingerprint density at radius 3 is 2.42 bits per heavy atom. The molecule has 4 nitrogen and oxygen atoms in total. The van der Waals surface area contributed by atoms with E-state index in [4.69, 9.17) is 16.3 Å². The molecule has 1 atom stereocenters. The standard InChI is InChI=1S/C27H36ClN2O2.BrH/c1-20(2)11-7-6-8-14-25(22-12-9-10-13-23(22)28)29-17-16-24-21(19-29)15-18-30(24)26(31)32-27(3,4)5;/h9-10,12-13,15-20,25H,6-8,11,14H2,1-5H3;1H/q+1;/p-1. The number of pyridine rings is 1. The molecule has 1 aromatic carbocycles. The average Bonchev–Trinajstić information content (AvgIpc) is 3.13. The minimum Gasteiger partial charge on any atom is -1.00 e. The summed E-state index contributed by atoms with van der Waals surface area (Å²) < 4.78 is 9.34. The smallest absolute Gasteiger partial charge is 0.418 e. The topological polar surface area (TPSA) is 35.1 Å². The number of carbonyl (C=O) groups is 1. The molecule has 6 heteroatoms. The van der Waals surface area contributed by atoms with Crippen LogP contribution in [-0.4, -0.2) is 16.3 Å². The van der Waals surface area contributed by atoms with E-state index in [1.165, 1.54) is 19.3 Å². The summed E-state index contributed by atoms with van der Waals surface area (Å²) in [5.41, 5.74) is 1.44. The first-order valence-corrected chi connectivity index (χ1v) is 12.0. The van der Waals surface area contributed by atoms with Crippen molar-refractivity contribution in [1.82, 2.24) is 4.57 Å². The van der Waals surface area contributed by atoms with Crippen LogP contribution >= 0.6 is 11.6 Å². The third-order valence-corrected chi connectivity index (χ3v) is 5.97. The molecule has 0 saturated carbocycles. The van der Waals surface area contributed by atoms with Gasteiger partial charge in [-0.05, 0) is 45.2 Å². The van der Waals surface area contributed by atoms with Crippen molar-refractivity contribution >= 4 is 28.6 Å². The number of fused-ring (bicyclic) bond motifs is 1. The summed E-state index contributed by atoms with van der Waals surface area (Å²) in [5.74, 6) is 0.750. The van der Waals surface area contributed by atoms with Crippen LogP contribution in [0, 0.1) is 5.92 Å². The molecule has 1 unspecified atom stereocenters. The van der Waals surface area contributed by atoms with Gasteiger partial charge in [0.1, 0.15) is 5.60 Å². The second kappa shape index (κ2) is 12.0. The van der Waals surface area contributed by atoms with Crippen LogP contribution in [0.25, 0.3) is 10.9 Å². The lowest BCUT2D eigenvalue weighted by Crippen LogP contribution is -3.00. The number of ether oxygens (including phenoxy) is 1. The maximum Gasteiger partial charge on any atom is 0.418 e. The van der Waals surface area contributed by atoms with E-state index in [0.29, 0.717) is 0 Å². The van der Waals surface area contributed by atoms with Gasteiger partial charge in [0.15, 0.2) is 18.4 Å². The maximum absolute atomic E-state index is 12.6. The highest BCUT2D eigenvalue weighted by Crippen LogP contribution is 2.28. The van der Waals surface area contributed by atoms with Crippen LogP contribution in [0.2, 0.25) is 5.02 Å². The first-order chi connectivity index (χ1) is 15.2. The number of unbranched alkanes of at least 4 members (excludes halogenated alkanes) is 2. The van der Waals surface area contributed by atoms with Gasteiger partial charge >= 0.3 is 6.09 Å². The van der Waals surface area contributed by atoms with Crippen molar-refractivity contribution in [3.63, 3.8) is 0 Å². The first-order valence-electron chi connectivity index (χ1n) is 11.7. The van der Waals surface area contributed by atoms with Crippen LogP contribution < -0.4 is 21.5 Å². The molecular formula is C27H36BrClN2O2. The second-order valence-corrected chi connectivity index (χ2v) is 10.4. The van der Waals surface area contributed by atoms with E-state index < -0.39 is 5.60 Å². The Kier molecular flexibility index (Phi) is 9.99. The molecule has 2 heterocycles. The summed E-state index contributed by atoms with van der Waals surface area (Å²) in [5, 5.41) is 1.79. The van der Waals surface area contributed by atoms with Crippen molar-refractivity contribution in [2.75, 3.05) is 0 Å². The Balaban J connectivity index is 0.00000385. The number of halogens is 2. The fraction of sp³-hybridized carbons (Fsp3) is 0.481. The van der Waals surface area contributed by atoms with Crippen LogP contribution in [0.15, 0.2) is 55.0 Å². The van der Waals surface area contributed by atoms with E-state index in [0.717, 1.165) is 40.2 Å². The van der Waals surface area contributed by atoms with Crippen molar-refractivity contribution in [1.29, 1.82) is 0 Å². The molecule has 0 saturated heterocycles. The number of benzene rings is 1. The molecule has 0 N–H and O–H groups in total. The molecule has 3 rings (SSSR count). The quantitative estimate of drug-likeness (QED) is 0.313. The number of hydrogen-bond donors (Lipinski definition) is 0. The SMILES string of the molecule is CC(C)CCCCCC(c1ccccc1Cl)[n+]1ccc2c(ccn2C(=O)OC(C)(C)C)c1.[Br-]. The molecule has 33 heavy (non-hydrogen) atoms. The molecule has 0 aliphatic rings. The van der Waals surface area contributed by atoms with Crippen LogP contribution in [0.1, 0.15) is 78.3 Å². The molecule has 0 aliphatic heterocycles. The van der Waals surface area contributed by atoms with Gasteiger partial charge in [0.2, 0.25) is 0 Å². The molecule has 0 fully saturated rings. The van der Waals surface area contributed by atoms with Gasteiger partial charge in [0.25, 0.3) is 0 Å². The lowest BCUT2D eigenvalue weighted by Gasteiger charge is -2.19. The molecular weight excluding hydrogens is 500 g/mol. The number of carbonyl (C=O) groups excluding carboxylic acids is 1. The van der Waals surface area contributed by atoms with E-state index in [-0.39, 0.29) is 29.1 Å². The van der Waals surface area contributed by atoms with Crippen molar-refractivity contribution in [3.8, 4) is 0 Å². The minimum atomic E-state index is -0.535. The van der Waals surface area contributed by atoms with Crippen molar-refractivity contribution in [2.45, 2.75) is 78.4 Å². The number of aromatic nitrogens is 2.